The highest BCUT2D eigenvalue weighted by molar-refractivity contribution is 6.35. The molecule has 4 heteroatoms. The predicted molar refractivity (Wildman–Crippen MR) is 81.9 cm³/mol. The van der Waals surface area contributed by atoms with Crippen molar-refractivity contribution >= 4 is 34.1 Å². The van der Waals surface area contributed by atoms with E-state index in [9.17, 15) is 10.0 Å². The van der Waals surface area contributed by atoms with Crippen LogP contribution in [0.25, 0.3) is 22.6 Å². The third-order valence-corrected chi connectivity index (χ3v) is 3.77. The Morgan fingerprint density at radius 1 is 1.05 bits per heavy atom. The molecule has 1 aromatic heterocycles. The number of nitrogens with zero attached hydrogens (tertiary/aromatic N) is 1. The number of H-pyrrole nitrogens is 1. The monoisotopic (exact) mass is 276 g/mol. The molecule has 4 rings (SSSR count). The van der Waals surface area contributed by atoms with E-state index in [1.165, 1.54) is 0 Å². The second kappa shape index (κ2) is 4.33. The van der Waals surface area contributed by atoms with E-state index in [4.69, 9.17) is 0 Å². The van der Waals surface area contributed by atoms with E-state index < -0.39 is 5.91 Å². The molecule has 0 radical (unpaired) electrons. The van der Waals surface area contributed by atoms with Crippen molar-refractivity contribution in [2.45, 2.75) is 0 Å². The molecule has 1 aliphatic heterocycles. The number of carbonyl (C=O) groups excluding carboxylic acids is 1. The largest absolute Gasteiger partial charge is 0.361 e. The molecule has 0 saturated heterocycles. The second-order valence-corrected chi connectivity index (χ2v) is 4.98. The van der Waals surface area contributed by atoms with Gasteiger partial charge in [-0.25, -0.2) is 0 Å². The van der Waals surface area contributed by atoms with E-state index in [0.29, 0.717) is 16.3 Å². The Morgan fingerprint density at radius 2 is 1.81 bits per heavy atom. The van der Waals surface area contributed by atoms with Crippen molar-refractivity contribution in [2.24, 2.45) is 0 Å². The van der Waals surface area contributed by atoms with Crippen molar-refractivity contribution in [3.8, 4) is 0 Å². The summed E-state index contributed by atoms with van der Waals surface area (Å²) in [5, 5.41) is 11.6. The molecule has 0 unspecified atom stereocenters. The van der Waals surface area contributed by atoms with Crippen LogP contribution in [0.2, 0.25) is 0 Å². The quantitative estimate of drug-likeness (QED) is 0.528. The standard InChI is InChI=1S/C17H12N2O2/c20-17-14(13-6-2-4-8-16(13)19(17)21)9-11-10-18-15-7-3-1-5-12(11)15/h1-10,18,21H/b14-9-. The van der Waals surface area contributed by atoms with Crippen LogP contribution in [0.15, 0.2) is 54.7 Å². The summed E-state index contributed by atoms with van der Waals surface area (Å²) in [7, 11) is 0. The van der Waals surface area contributed by atoms with Crippen LogP contribution in [-0.4, -0.2) is 16.1 Å². The van der Waals surface area contributed by atoms with E-state index in [-0.39, 0.29) is 0 Å². The summed E-state index contributed by atoms with van der Waals surface area (Å²) < 4.78 is 0. The van der Waals surface area contributed by atoms with Crippen LogP contribution in [0.5, 0.6) is 0 Å². The third kappa shape index (κ3) is 1.70. The van der Waals surface area contributed by atoms with Crippen molar-refractivity contribution < 1.29 is 10.0 Å². The van der Waals surface area contributed by atoms with Gasteiger partial charge in [0.15, 0.2) is 0 Å². The van der Waals surface area contributed by atoms with E-state index in [0.717, 1.165) is 22.0 Å². The summed E-state index contributed by atoms with van der Waals surface area (Å²) in [5.41, 5.74) is 3.71. The highest BCUT2D eigenvalue weighted by Gasteiger charge is 2.31. The maximum Gasteiger partial charge on any atom is 0.282 e. The lowest BCUT2D eigenvalue weighted by Crippen LogP contribution is -2.21. The van der Waals surface area contributed by atoms with Crippen molar-refractivity contribution in [1.82, 2.24) is 4.98 Å². The Hall–Kier alpha value is -2.85. The number of amides is 1. The number of hydrogen-bond donors (Lipinski definition) is 2. The van der Waals surface area contributed by atoms with Crippen LogP contribution in [0.1, 0.15) is 11.1 Å². The van der Waals surface area contributed by atoms with Crippen LogP contribution in [0.3, 0.4) is 0 Å². The molecule has 0 bridgehead atoms. The zero-order valence-electron chi connectivity index (χ0n) is 11.1. The fraction of sp³-hybridized carbons (Fsp3) is 0. The van der Waals surface area contributed by atoms with Crippen LogP contribution in [-0.2, 0) is 4.79 Å². The van der Waals surface area contributed by atoms with Gasteiger partial charge in [0.25, 0.3) is 5.91 Å². The number of aromatic nitrogens is 1. The summed E-state index contributed by atoms with van der Waals surface area (Å²) >= 11 is 0. The van der Waals surface area contributed by atoms with Gasteiger partial charge in [-0.3, -0.25) is 10.0 Å². The normalized spacial score (nSPS) is 16.0. The van der Waals surface area contributed by atoms with Gasteiger partial charge >= 0.3 is 0 Å². The van der Waals surface area contributed by atoms with Gasteiger partial charge in [0.05, 0.1) is 11.3 Å². The number of carbonyl (C=O) groups is 1. The van der Waals surface area contributed by atoms with E-state index in [1.807, 2.05) is 48.7 Å². The summed E-state index contributed by atoms with van der Waals surface area (Å²) in [6.45, 7) is 0. The number of anilines is 1. The number of fused-ring (bicyclic) bond motifs is 2. The number of para-hydroxylation sites is 2. The van der Waals surface area contributed by atoms with Gasteiger partial charge in [0.1, 0.15) is 0 Å². The first-order chi connectivity index (χ1) is 10.3. The Bertz CT molecular complexity index is 892. The molecule has 0 atom stereocenters. The molecule has 21 heavy (non-hydrogen) atoms. The molecular formula is C17H12N2O2. The first kappa shape index (κ1) is 11.9. The highest BCUT2D eigenvalue weighted by atomic mass is 16.5. The topological polar surface area (TPSA) is 56.3 Å². The lowest BCUT2D eigenvalue weighted by Gasteiger charge is -2.05. The molecule has 1 amide bonds. The van der Waals surface area contributed by atoms with Crippen LogP contribution >= 0.6 is 0 Å². The number of hydrogen-bond acceptors (Lipinski definition) is 2. The molecule has 0 aliphatic carbocycles. The Morgan fingerprint density at radius 3 is 2.71 bits per heavy atom. The minimum absolute atomic E-state index is 0.401. The molecule has 2 N–H and O–H groups in total. The predicted octanol–water partition coefficient (Wildman–Crippen LogP) is 3.44. The minimum Gasteiger partial charge on any atom is -0.361 e. The zero-order chi connectivity index (χ0) is 14.4. The summed E-state index contributed by atoms with van der Waals surface area (Å²) in [5.74, 6) is -0.401. The lowest BCUT2D eigenvalue weighted by molar-refractivity contribution is -0.117. The Labute approximate surface area is 120 Å². The second-order valence-electron chi connectivity index (χ2n) is 4.98. The van der Waals surface area contributed by atoms with Crippen molar-refractivity contribution in [3.63, 3.8) is 0 Å². The maximum atomic E-state index is 12.2. The average Bonchev–Trinajstić information content (AvgIpc) is 3.04. The van der Waals surface area contributed by atoms with E-state index >= 15 is 0 Å². The van der Waals surface area contributed by atoms with Crippen LogP contribution < -0.4 is 5.06 Å². The van der Waals surface area contributed by atoms with Gasteiger partial charge in [0.2, 0.25) is 0 Å². The number of rotatable bonds is 1. The van der Waals surface area contributed by atoms with Crippen molar-refractivity contribution in [2.75, 3.05) is 5.06 Å². The molecule has 3 aromatic rings. The molecule has 2 aromatic carbocycles. The number of aromatic amines is 1. The number of nitrogens with one attached hydrogen (secondary N) is 1. The summed E-state index contributed by atoms with van der Waals surface area (Å²) in [4.78, 5) is 15.4. The molecule has 2 heterocycles. The van der Waals surface area contributed by atoms with Gasteiger partial charge in [-0.05, 0) is 18.2 Å². The van der Waals surface area contributed by atoms with Crippen LogP contribution in [0, 0.1) is 0 Å². The molecule has 0 fully saturated rings. The Balaban J connectivity index is 1.92. The summed E-state index contributed by atoms with van der Waals surface area (Å²) in [6.07, 6.45) is 3.68. The van der Waals surface area contributed by atoms with Crippen molar-refractivity contribution in [1.29, 1.82) is 0 Å². The average molecular weight is 276 g/mol. The van der Waals surface area contributed by atoms with E-state index in [1.54, 1.807) is 12.1 Å². The number of benzene rings is 2. The molecular weight excluding hydrogens is 264 g/mol. The Kier molecular flexibility index (Phi) is 2.46. The smallest absolute Gasteiger partial charge is 0.282 e. The van der Waals surface area contributed by atoms with Crippen LogP contribution in [0.4, 0.5) is 5.69 Å². The maximum absolute atomic E-state index is 12.2. The molecule has 0 spiro atoms. The van der Waals surface area contributed by atoms with Gasteiger partial charge in [-0.1, -0.05) is 36.4 Å². The van der Waals surface area contributed by atoms with Gasteiger partial charge in [-0.2, -0.15) is 5.06 Å². The number of hydroxylamine groups is 1. The fourth-order valence-corrected chi connectivity index (χ4v) is 2.73. The fourth-order valence-electron chi connectivity index (χ4n) is 2.73. The van der Waals surface area contributed by atoms with E-state index in [2.05, 4.69) is 4.98 Å². The van der Waals surface area contributed by atoms with Crippen molar-refractivity contribution in [3.05, 3.63) is 65.9 Å². The zero-order valence-corrected chi connectivity index (χ0v) is 11.1. The molecule has 1 aliphatic rings. The molecule has 4 nitrogen and oxygen atoms in total. The lowest BCUT2D eigenvalue weighted by atomic mass is 10.0. The third-order valence-electron chi connectivity index (χ3n) is 3.77. The molecule has 0 saturated carbocycles. The minimum atomic E-state index is -0.401. The summed E-state index contributed by atoms with van der Waals surface area (Å²) in [6, 6.07) is 15.1. The first-order valence-electron chi connectivity index (χ1n) is 6.66. The SMILES string of the molecule is O=C1/C(=C\c2c[nH]c3ccccc23)c2ccccc2N1O. The highest BCUT2D eigenvalue weighted by Crippen LogP contribution is 2.37. The van der Waals surface area contributed by atoms with Gasteiger partial charge < -0.3 is 4.98 Å². The van der Waals surface area contributed by atoms with Gasteiger partial charge in [0, 0.05) is 28.2 Å². The van der Waals surface area contributed by atoms with Gasteiger partial charge in [-0.15, -0.1) is 0 Å². The first-order valence-corrected chi connectivity index (χ1v) is 6.66. The molecule has 102 valence electrons.